The molecule has 2 rings (SSSR count). The molecule has 2 fully saturated rings. The van der Waals surface area contributed by atoms with E-state index in [1.54, 1.807) is 4.90 Å². The van der Waals surface area contributed by atoms with Crippen LogP contribution in [0.4, 0.5) is 0 Å². The first-order chi connectivity index (χ1) is 10.0. The normalized spacial score (nSPS) is 30.7. The third kappa shape index (κ3) is 3.76. The number of rotatable bonds is 5. The smallest absolute Gasteiger partial charge is 0.246 e. The molecule has 2 amide bonds. The SMILES string of the molecule is CCCC1C(=O)NC(C(C)C)C(=O)N1CC1CCCCO1. The van der Waals surface area contributed by atoms with Crippen LogP contribution in [0.1, 0.15) is 52.9 Å². The summed E-state index contributed by atoms with van der Waals surface area (Å²) in [5.74, 6) is 0.155. The summed E-state index contributed by atoms with van der Waals surface area (Å²) in [6.07, 6.45) is 4.91. The lowest BCUT2D eigenvalue weighted by molar-refractivity contribution is -0.153. The van der Waals surface area contributed by atoms with Crippen molar-refractivity contribution < 1.29 is 14.3 Å². The van der Waals surface area contributed by atoms with Crippen LogP contribution in [0.2, 0.25) is 0 Å². The fourth-order valence-corrected chi connectivity index (χ4v) is 3.19. The van der Waals surface area contributed by atoms with Crippen molar-refractivity contribution in [3.05, 3.63) is 0 Å². The van der Waals surface area contributed by atoms with Gasteiger partial charge in [0.1, 0.15) is 12.1 Å². The summed E-state index contributed by atoms with van der Waals surface area (Å²) in [7, 11) is 0. The van der Waals surface area contributed by atoms with Crippen molar-refractivity contribution >= 4 is 11.8 Å². The average Bonchev–Trinajstić information content (AvgIpc) is 2.47. The quantitative estimate of drug-likeness (QED) is 0.840. The van der Waals surface area contributed by atoms with Gasteiger partial charge in [-0.05, 0) is 31.6 Å². The third-order valence-corrected chi connectivity index (χ3v) is 4.43. The molecule has 0 aromatic rings. The molecule has 0 aromatic heterocycles. The number of hydrogen-bond acceptors (Lipinski definition) is 3. The molecule has 0 radical (unpaired) electrons. The van der Waals surface area contributed by atoms with E-state index in [2.05, 4.69) is 5.32 Å². The van der Waals surface area contributed by atoms with E-state index in [9.17, 15) is 9.59 Å². The van der Waals surface area contributed by atoms with Gasteiger partial charge in [0.25, 0.3) is 0 Å². The van der Waals surface area contributed by atoms with Crippen molar-refractivity contribution in [1.82, 2.24) is 10.2 Å². The van der Waals surface area contributed by atoms with Gasteiger partial charge in [0.05, 0.1) is 6.10 Å². The Labute approximate surface area is 127 Å². The van der Waals surface area contributed by atoms with E-state index in [4.69, 9.17) is 4.74 Å². The van der Waals surface area contributed by atoms with Crippen LogP contribution < -0.4 is 5.32 Å². The maximum Gasteiger partial charge on any atom is 0.246 e. The molecule has 2 saturated heterocycles. The van der Waals surface area contributed by atoms with Crippen molar-refractivity contribution in [3.8, 4) is 0 Å². The number of hydrogen-bond donors (Lipinski definition) is 1. The number of amides is 2. The van der Waals surface area contributed by atoms with E-state index in [0.29, 0.717) is 6.54 Å². The summed E-state index contributed by atoms with van der Waals surface area (Å²) in [4.78, 5) is 26.9. The Kier molecular flexibility index (Phi) is 5.62. The number of ether oxygens (including phenoxy) is 1. The topological polar surface area (TPSA) is 58.6 Å². The minimum absolute atomic E-state index is 0.00837. The molecule has 21 heavy (non-hydrogen) atoms. The zero-order valence-electron chi connectivity index (χ0n) is 13.4. The Morgan fingerprint density at radius 3 is 2.67 bits per heavy atom. The van der Waals surface area contributed by atoms with E-state index in [1.807, 2.05) is 20.8 Å². The zero-order chi connectivity index (χ0) is 15.4. The third-order valence-electron chi connectivity index (χ3n) is 4.43. The predicted molar refractivity (Wildman–Crippen MR) is 80.8 cm³/mol. The Morgan fingerprint density at radius 1 is 1.33 bits per heavy atom. The van der Waals surface area contributed by atoms with Crippen molar-refractivity contribution in [2.45, 2.75) is 71.1 Å². The van der Waals surface area contributed by atoms with E-state index in [-0.39, 0.29) is 29.9 Å². The highest BCUT2D eigenvalue weighted by molar-refractivity contribution is 5.97. The van der Waals surface area contributed by atoms with Gasteiger partial charge in [-0.2, -0.15) is 0 Å². The van der Waals surface area contributed by atoms with Gasteiger partial charge in [-0.15, -0.1) is 0 Å². The fraction of sp³-hybridized carbons (Fsp3) is 0.875. The molecule has 5 heteroatoms. The zero-order valence-corrected chi connectivity index (χ0v) is 13.4. The monoisotopic (exact) mass is 296 g/mol. The second-order valence-electron chi connectivity index (χ2n) is 6.51. The number of carbonyl (C=O) groups excluding carboxylic acids is 2. The number of piperazine rings is 1. The molecule has 0 saturated carbocycles. The maximum atomic E-state index is 12.7. The molecular formula is C16H28N2O3. The van der Waals surface area contributed by atoms with Crippen molar-refractivity contribution in [2.75, 3.05) is 13.2 Å². The average molecular weight is 296 g/mol. The van der Waals surface area contributed by atoms with Crippen LogP contribution in [0.15, 0.2) is 0 Å². The number of carbonyl (C=O) groups is 2. The van der Waals surface area contributed by atoms with Crippen LogP contribution >= 0.6 is 0 Å². The molecule has 5 nitrogen and oxygen atoms in total. The molecule has 120 valence electrons. The highest BCUT2D eigenvalue weighted by atomic mass is 16.5. The minimum atomic E-state index is -0.394. The first-order valence-corrected chi connectivity index (χ1v) is 8.27. The van der Waals surface area contributed by atoms with Crippen LogP contribution in [0.5, 0.6) is 0 Å². The van der Waals surface area contributed by atoms with Gasteiger partial charge in [-0.3, -0.25) is 9.59 Å². The van der Waals surface area contributed by atoms with Crippen LogP contribution in [0.3, 0.4) is 0 Å². The molecule has 0 aliphatic carbocycles. The largest absolute Gasteiger partial charge is 0.376 e. The highest BCUT2D eigenvalue weighted by Gasteiger charge is 2.42. The lowest BCUT2D eigenvalue weighted by Gasteiger charge is -2.42. The predicted octanol–water partition coefficient (Wildman–Crippen LogP) is 1.71. The molecule has 2 aliphatic heterocycles. The van der Waals surface area contributed by atoms with Gasteiger partial charge in [0, 0.05) is 13.2 Å². The first kappa shape index (κ1) is 16.3. The number of nitrogens with one attached hydrogen (secondary N) is 1. The van der Waals surface area contributed by atoms with Gasteiger partial charge in [0.2, 0.25) is 11.8 Å². The molecule has 2 heterocycles. The summed E-state index contributed by atoms with van der Waals surface area (Å²) in [6, 6.07) is -0.725. The summed E-state index contributed by atoms with van der Waals surface area (Å²) in [6.45, 7) is 7.31. The van der Waals surface area contributed by atoms with Crippen molar-refractivity contribution in [2.24, 2.45) is 5.92 Å². The molecule has 3 unspecified atom stereocenters. The van der Waals surface area contributed by atoms with E-state index < -0.39 is 6.04 Å². The van der Waals surface area contributed by atoms with Gasteiger partial charge < -0.3 is 15.0 Å². The lowest BCUT2D eigenvalue weighted by atomic mass is 9.95. The summed E-state index contributed by atoms with van der Waals surface area (Å²) in [5.41, 5.74) is 0. The Balaban J connectivity index is 2.12. The molecule has 3 atom stereocenters. The molecular weight excluding hydrogens is 268 g/mol. The number of nitrogens with zero attached hydrogens (tertiary/aromatic N) is 1. The van der Waals surface area contributed by atoms with Crippen LogP contribution in [0, 0.1) is 5.92 Å². The van der Waals surface area contributed by atoms with Crippen LogP contribution in [-0.4, -0.2) is 48.1 Å². The van der Waals surface area contributed by atoms with Crippen molar-refractivity contribution in [1.29, 1.82) is 0 Å². The van der Waals surface area contributed by atoms with E-state index in [1.165, 1.54) is 0 Å². The highest BCUT2D eigenvalue weighted by Crippen LogP contribution is 2.22. The maximum absolute atomic E-state index is 12.7. The van der Waals surface area contributed by atoms with Gasteiger partial charge >= 0.3 is 0 Å². The van der Waals surface area contributed by atoms with Gasteiger partial charge in [-0.25, -0.2) is 0 Å². The second kappa shape index (κ2) is 7.25. The van der Waals surface area contributed by atoms with Crippen LogP contribution in [0.25, 0.3) is 0 Å². The first-order valence-electron chi connectivity index (χ1n) is 8.27. The van der Waals surface area contributed by atoms with E-state index >= 15 is 0 Å². The Hall–Kier alpha value is -1.10. The van der Waals surface area contributed by atoms with Crippen LogP contribution in [-0.2, 0) is 14.3 Å². The van der Waals surface area contributed by atoms with Gasteiger partial charge in [-0.1, -0.05) is 27.2 Å². The lowest BCUT2D eigenvalue weighted by Crippen LogP contribution is -2.65. The molecule has 0 aromatic carbocycles. The molecule has 0 bridgehead atoms. The molecule has 0 spiro atoms. The second-order valence-corrected chi connectivity index (χ2v) is 6.51. The van der Waals surface area contributed by atoms with E-state index in [0.717, 1.165) is 38.7 Å². The molecule has 2 aliphatic rings. The summed E-state index contributed by atoms with van der Waals surface area (Å²) in [5, 5.41) is 2.90. The Bertz CT molecular complexity index is 378. The fourth-order valence-electron chi connectivity index (χ4n) is 3.19. The Morgan fingerprint density at radius 2 is 2.10 bits per heavy atom. The summed E-state index contributed by atoms with van der Waals surface area (Å²) < 4.78 is 5.76. The molecule has 1 N–H and O–H groups in total. The van der Waals surface area contributed by atoms with Crippen molar-refractivity contribution in [3.63, 3.8) is 0 Å². The minimum Gasteiger partial charge on any atom is -0.376 e. The van der Waals surface area contributed by atoms with Gasteiger partial charge in [0.15, 0.2) is 0 Å². The standard InChI is InChI=1S/C16H28N2O3/c1-4-7-13-15(19)17-14(11(2)3)16(20)18(13)10-12-8-5-6-9-21-12/h11-14H,4-10H2,1-3H3,(H,17,19). The summed E-state index contributed by atoms with van der Waals surface area (Å²) >= 11 is 0.